The van der Waals surface area contributed by atoms with E-state index in [1.54, 1.807) is 0 Å². The number of methoxy groups -OCH3 is 2. The summed E-state index contributed by atoms with van der Waals surface area (Å²) in [4.78, 5) is 12.1. The average molecular weight is 384 g/mol. The molecule has 2 aromatic rings. The van der Waals surface area contributed by atoms with Crippen molar-refractivity contribution in [1.82, 2.24) is 0 Å². The second-order valence-electron chi connectivity index (χ2n) is 5.92. The molecule has 5 atom stereocenters. The van der Waals surface area contributed by atoms with Gasteiger partial charge in [-0.15, -0.1) is 0 Å². The van der Waals surface area contributed by atoms with Crippen LogP contribution in [-0.4, -0.2) is 72.0 Å². The molecule has 2 heterocycles. The number of hydrogen-bond donors (Lipinski definition) is 4. The molecule has 1 fully saturated rings. The van der Waals surface area contributed by atoms with Crippen molar-refractivity contribution in [2.75, 3.05) is 20.8 Å². The molecular weight excluding hydrogens is 364 g/mol. The molecule has 4 N–H and O–H groups in total. The summed E-state index contributed by atoms with van der Waals surface area (Å²) < 4.78 is 26.9. The lowest BCUT2D eigenvalue weighted by Gasteiger charge is -2.39. The van der Waals surface area contributed by atoms with Crippen LogP contribution >= 0.6 is 0 Å². The van der Waals surface area contributed by atoms with Gasteiger partial charge in [-0.3, -0.25) is 4.79 Å². The topological polar surface area (TPSA) is 148 Å². The van der Waals surface area contributed by atoms with Crippen LogP contribution in [0.25, 0.3) is 11.0 Å². The zero-order valence-electron chi connectivity index (χ0n) is 14.6. The first kappa shape index (κ1) is 19.4. The van der Waals surface area contributed by atoms with Gasteiger partial charge in [0, 0.05) is 6.07 Å². The minimum Gasteiger partial charge on any atom is -0.493 e. The average Bonchev–Trinajstić information content (AvgIpc) is 2.68. The Hall–Kier alpha value is -2.37. The Labute approximate surface area is 153 Å². The molecule has 0 bridgehead atoms. The van der Waals surface area contributed by atoms with Crippen LogP contribution in [0, 0.1) is 0 Å². The predicted molar refractivity (Wildman–Crippen MR) is 90.0 cm³/mol. The van der Waals surface area contributed by atoms with E-state index in [0.717, 1.165) is 0 Å². The molecule has 1 aromatic carbocycles. The Bertz CT molecular complexity index is 861. The first-order valence-electron chi connectivity index (χ1n) is 8.06. The van der Waals surface area contributed by atoms with Crippen molar-refractivity contribution in [3.05, 3.63) is 28.6 Å². The number of ether oxygens (including phenoxy) is 4. The first-order valence-corrected chi connectivity index (χ1v) is 8.06. The molecule has 1 aromatic heterocycles. The quantitative estimate of drug-likeness (QED) is 0.505. The van der Waals surface area contributed by atoms with Crippen LogP contribution in [0.15, 0.2) is 27.6 Å². The summed E-state index contributed by atoms with van der Waals surface area (Å²) in [5.41, 5.74) is -0.238. The van der Waals surface area contributed by atoms with Gasteiger partial charge in [-0.1, -0.05) is 0 Å². The van der Waals surface area contributed by atoms with E-state index in [9.17, 15) is 25.2 Å². The fourth-order valence-corrected chi connectivity index (χ4v) is 2.88. The summed E-state index contributed by atoms with van der Waals surface area (Å²) in [6.07, 6.45) is -6.19. The van der Waals surface area contributed by atoms with Crippen LogP contribution < -0.4 is 19.6 Å². The van der Waals surface area contributed by atoms with Gasteiger partial charge in [-0.05, 0) is 6.07 Å². The van der Waals surface area contributed by atoms with Gasteiger partial charge in [-0.2, -0.15) is 0 Å². The zero-order chi connectivity index (χ0) is 19.7. The smallest absolute Gasteiger partial charge is 0.229 e. The summed E-state index contributed by atoms with van der Waals surface area (Å²) in [6.45, 7) is -0.605. The summed E-state index contributed by atoms with van der Waals surface area (Å²) in [5, 5.41) is 39.4. The Kier molecular flexibility index (Phi) is 5.53. The van der Waals surface area contributed by atoms with E-state index in [2.05, 4.69) is 0 Å². The largest absolute Gasteiger partial charge is 0.493 e. The van der Waals surface area contributed by atoms with Crippen molar-refractivity contribution in [3.63, 3.8) is 0 Å². The van der Waals surface area contributed by atoms with E-state index in [0.29, 0.717) is 0 Å². The molecule has 0 radical (unpaired) electrons. The van der Waals surface area contributed by atoms with Crippen molar-refractivity contribution < 1.29 is 43.8 Å². The van der Waals surface area contributed by atoms with Gasteiger partial charge in [0.2, 0.25) is 17.8 Å². The molecule has 1 saturated heterocycles. The van der Waals surface area contributed by atoms with E-state index in [4.69, 9.17) is 23.4 Å². The highest BCUT2D eigenvalue weighted by atomic mass is 16.7. The Morgan fingerprint density at radius 3 is 2.44 bits per heavy atom. The minimum absolute atomic E-state index is 0.0130. The Morgan fingerprint density at radius 1 is 1.07 bits per heavy atom. The highest BCUT2D eigenvalue weighted by Gasteiger charge is 2.45. The summed E-state index contributed by atoms with van der Waals surface area (Å²) in [7, 11) is 2.66. The van der Waals surface area contributed by atoms with Crippen LogP contribution in [0.1, 0.15) is 0 Å². The number of benzene rings is 1. The van der Waals surface area contributed by atoms with Gasteiger partial charge in [0.1, 0.15) is 24.4 Å². The summed E-state index contributed by atoms with van der Waals surface area (Å²) in [6, 6.07) is 2.61. The zero-order valence-corrected chi connectivity index (χ0v) is 14.6. The number of rotatable bonds is 5. The lowest BCUT2D eigenvalue weighted by Crippen LogP contribution is -2.60. The molecule has 0 spiro atoms. The third kappa shape index (κ3) is 3.33. The SMILES string of the molecule is COc1cc2c(=O)ccoc2c(OC)c1O[C@H]1O[C@@H](CO)[C@@H](O)[C@H](O)[C@H]1O. The fraction of sp³-hybridized carbons (Fsp3) is 0.471. The lowest BCUT2D eigenvalue weighted by molar-refractivity contribution is -0.277. The monoisotopic (exact) mass is 384 g/mol. The number of hydrogen-bond acceptors (Lipinski definition) is 10. The maximum absolute atomic E-state index is 12.1. The van der Waals surface area contributed by atoms with Gasteiger partial charge in [0.25, 0.3) is 0 Å². The summed E-state index contributed by atoms with van der Waals surface area (Å²) >= 11 is 0. The Morgan fingerprint density at radius 2 is 1.81 bits per heavy atom. The molecule has 0 unspecified atom stereocenters. The highest BCUT2D eigenvalue weighted by Crippen LogP contribution is 2.44. The standard InChI is InChI=1S/C17H20O10/c1-23-9-5-7-8(19)3-4-25-14(7)16(24-2)15(9)27-17-13(22)12(21)11(20)10(6-18)26-17/h3-5,10-13,17-18,20-22H,6H2,1-2H3/t10-,11+,12-,13+,17+/m0/s1. The van der Waals surface area contributed by atoms with Gasteiger partial charge in [-0.25, -0.2) is 0 Å². The molecule has 0 amide bonds. The number of fused-ring (bicyclic) bond motifs is 1. The van der Waals surface area contributed by atoms with Crippen LogP contribution in [0.2, 0.25) is 0 Å². The second kappa shape index (κ2) is 7.71. The molecule has 0 saturated carbocycles. The third-order valence-corrected chi connectivity index (χ3v) is 4.33. The maximum Gasteiger partial charge on any atom is 0.229 e. The fourth-order valence-electron chi connectivity index (χ4n) is 2.88. The highest BCUT2D eigenvalue weighted by molar-refractivity contribution is 5.88. The van der Waals surface area contributed by atoms with Gasteiger partial charge in [0.15, 0.2) is 16.8 Å². The van der Waals surface area contributed by atoms with Crippen LogP contribution in [0.5, 0.6) is 17.2 Å². The molecule has 1 aliphatic rings. The first-order chi connectivity index (χ1) is 12.9. The van der Waals surface area contributed by atoms with E-state index < -0.39 is 37.3 Å². The van der Waals surface area contributed by atoms with Crippen LogP contribution in [0.3, 0.4) is 0 Å². The lowest BCUT2D eigenvalue weighted by atomic mass is 9.99. The predicted octanol–water partition coefficient (Wildman–Crippen LogP) is -1.01. The van der Waals surface area contributed by atoms with Crippen molar-refractivity contribution in [3.8, 4) is 17.2 Å². The Balaban J connectivity index is 2.07. The third-order valence-electron chi connectivity index (χ3n) is 4.33. The van der Waals surface area contributed by atoms with Gasteiger partial charge < -0.3 is 43.8 Å². The van der Waals surface area contributed by atoms with Crippen molar-refractivity contribution in [1.29, 1.82) is 0 Å². The van der Waals surface area contributed by atoms with Crippen molar-refractivity contribution in [2.45, 2.75) is 30.7 Å². The van der Waals surface area contributed by atoms with Gasteiger partial charge >= 0.3 is 0 Å². The minimum atomic E-state index is -1.63. The maximum atomic E-state index is 12.1. The summed E-state index contributed by atoms with van der Waals surface area (Å²) in [5.74, 6) is 0.0556. The molecule has 3 rings (SSSR count). The molecule has 10 nitrogen and oxygen atoms in total. The molecular formula is C17H20O10. The second-order valence-corrected chi connectivity index (χ2v) is 5.92. The van der Waals surface area contributed by atoms with Crippen LogP contribution in [-0.2, 0) is 4.74 Å². The number of aliphatic hydroxyl groups excluding tert-OH is 4. The molecule has 1 aliphatic heterocycles. The van der Waals surface area contributed by atoms with E-state index in [1.807, 2.05) is 0 Å². The van der Waals surface area contributed by atoms with E-state index in [1.165, 1.54) is 32.6 Å². The van der Waals surface area contributed by atoms with Gasteiger partial charge in [0.05, 0.1) is 32.5 Å². The van der Waals surface area contributed by atoms with Crippen molar-refractivity contribution >= 4 is 11.0 Å². The van der Waals surface area contributed by atoms with Crippen molar-refractivity contribution in [2.24, 2.45) is 0 Å². The normalized spacial score (nSPS) is 28.1. The molecule has 10 heteroatoms. The number of aliphatic hydroxyl groups is 4. The molecule has 148 valence electrons. The van der Waals surface area contributed by atoms with Crippen LogP contribution in [0.4, 0.5) is 0 Å². The van der Waals surface area contributed by atoms with E-state index >= 15 is 0 Å². The van der Waals surface area contributed by atoms with E-state index in [-0.39, 0.29) is 33.6 Å². The molecule has 0 aliphatic carbocycles. The molecule has 27 heavy (non-hydrogen) atoms.